The molecule has 92 valence electrons. The highest BCUT2D eigenvalue weighted by Gasteiger charge is 2.35. The van der Waals surface area contributed by atoms with E-state index in [-0.39, 0.29) is 0 Å². The molecule has 0 amide bonds. The molecule has 3 rings (SSSR count). The quantitative estimate of drug-likeness (QED) is 0.794. The van der Waals surface area contributed by atoms with Crippen molar-refractivity contribution in [2.45, 2.75) is 38.0 Å². The summed E-state index contributed by atoms with van der Waals surface area (Å²) in [6, 6.07) is 8.71. The molecule has 1 aromatic carbocycles. The number of nitrogens with zero attached hydrogens (tertiary/aromatic N) is 1. The van der Waals surface area contributed by atoms with E-state index in [1.807, 2.05) is 12.1 Å². The van der Waals surface area contributed by atoms with Gasteiger partial charge in [-0.15, -0.1) is 0 Å². The minimum absolute atomic E-state index is 0.461. The van der Waals surface area contributed by atoms with Crippen LogP contribution in [-0.2, 0) is 4.74 Å². The van der Waals surface area contributed by atoms with Crippen LogP contribution in [0.3, 0.4) is 0 Å². The first-order valence-electron chi connectivity index (χ1n) is 6.47. The maximum Gasteiger partial charge on any atom is 0.0707 e. The van der Waals surface area contributed by atoms with Crippen molar-refractivity contribution in [2.75, 3.05) is 18.8 Å². The van der Waals surface area contributed by atoms with Crippen LogP contribution >= 0.6 is 0 Å². The monoisotopic (exact) mass is 232 g/mol. The molecule has 3 heteroatoms. The number of nitrogens with two attached hydrogens (primary N) is 1. The third kappa shape index (κ3) is 2.17. The number of morpholine rings is 1. The summed E-state index contributed by atoms with van der Waals surface area (Å²) >= 11 is 0. The van der Waals surface area contributed by atoms with Gasteiger partial charge in [0.1, 0.15) is 0 Å². The van der Waals surface area contributed by atoms with Crippen LogP contribution in [-0.4, -0.2) is 30.2 Å². The van der Waals surface area contributed by atoms with E-state index in [9.17, 15) is 0 Å². The molecule has 1 aromatic rings. The van der Waals surface area contributed by atoms with Gasteiger partial charge in [-0.25, -0.2) is 0 Å². The normalized spacial score (nSPS) is 30.4. The van der Waals surface area contributed by atoms with E-state index in [2.05, 4.69) is 24.0 Å². The molecule has 0 spiro atoms. The van der Waals surface area contributed by atoms with Crippen molar-refractivity contribution in [1.29, 1.82) is 0 Å². The van der Waals surface area contributed by atoms with Gasteiger partial charge in [0.2, 0.25) is 0 Å². The van der Waals surface area contributed by atoms with Crippen LogP contribution in [0, 0.1) is 0 Å². The van der Waals surface area contributed by atoms with Crippen molar-refractivity contribution in [1.82, 2.24) is 4.90 Å². The lowest BCUT2D eigenvalue weighted by atomic mass is 10.1. The molecule has 2 fully saturated rings. The molecule has 0 aliphatic carbocycles. The Kier molecular flexibility index (Phi) is 2.81. The van der Waals surface area contributed by atoms with Crippen molar-refractivity contribution in [2.24, 2.45) is 0 Å². The fraction of sp³-hybridized carbons (Fsp3) is 0.571. The fourth-order valence-corrected chi connectivity index (χ4v) is 2.95. The second-order valence-electron chi connectivity index (χ2n) is 5.25. The Labute approximate surface area is 103 Å². The summed E-state index contributed by atoms with van der Waals surface area (Å²) < 4.78 is 5.87. The number of benzene rings is 1. The Balaban J connectivity index is 1.73. The molecule has 3 unspecified atom stereocenters. The molecular formula is C14H20N2O. The largest absolute Gasteiger partial charge is 0.399 e. The van der Waals surface area contributed by atoms with Crippen molar-refractivity contribution < 1.29 is 4.74 Å². The molecule has 2 N–H and O–H groups in total. The number of nitrogen functional groups attached to an aromatic ring is 1. The Morgan fingerprint density at radius 1 is 1.18 bits per heavy atom. The number of hydrogen-bond donors (Lipinski definition) is 1. The topological polar surface area (TPSA) is 38.5 Å². The highest BCUT2D eigenvalue weighted by Crippen LogP contribution is 2.31. The van der Waals surface area contributed by atoms with Gasteiger partial charge in [0.15, 0.2) is 0 Å². The minimum atomic E-state index is 0.461. The zero-order valence-corrected chi connectivity index (χ0v) is 10.3. The molecule has 2 heterocycles. The number of hydrogen-bond acceptors (Lipinski definition) is 3. The van der Waals surface area contributed by atoms with Gasteiger partial charge in [0, 0.05) is 24.8 Å². The van der Waals surface area contributed by atoms with Crippen molar-refractivity contribution in [3.63, 3.8) is 0 Å². The van der Waals surface area contributed by atoms with Gasteiger partial charge in [0.25, 0.3) is 0 Å². The summed E-state index contributed by atoms with van der Waals surface area (Å²) in [4.78, 5) is 2.54. The van der Waals surface area contributed by atoms with Crippen molar-refractivity contribution in [3.8, 4) is 0 Å². The van der Waals surface area contributed by atoms with Crippen molar-refractivity contribution in [3.05, 3.63) is 29.8 Å². The van der Waals surface area contributed by atoms with Gasteiger partial charge in [0.05, 0.1) is 12.2 Å². The van der Waals surface area contributed by atoms with E-state index >= 15 is 0 Å². The third-order valence-corrected chi connectivity index (χ3v) is 4.04. The molecule has 2 aliphatic heterocycles. The van der Waals surface area contributed by atoms with Crippen LogP contribution in [0.5, 0.6) is 0 Å². The standard InChI is InChI=1S/C14H20N2O/c1-10(11-2-4-12(15)5-3-11)16-8-13-6-7-14(9-16)17-13/h2-5,10,13-14H,6-9,15H2,1H3. The predicted molar refractivity (Wildman–Crippen MR) is 68.7 cm³/mol. The van der Waals surface area contributed by atoms with Gasteiger partial charge >= 0.3 is 0 Å². The van der Waals surface area contributed by atoms with Crippen molar-refractivity contribution >= 4 is 5.69 Å². The molecule has 3 nitrogen and oxygen atoms in total. The van der Waals surface area contributed by atoms with Gasteiger partial charge in [-0.1, -0.05) is 12.1 Å². The summed E-state index contributed by atoms with van der Waals surface area (Å²) in [6.45, 7) is 4.42. The van der Waals surface area contributed by atoms with Gasteiger partial charge in [-0.3, -0.25) is 4.90 Å². The summed E-state index contributed by atoms with van der Waals surface area (Å²) in [5.41, 5.74) is 7.91. The van der Waals surface area contributed by atoms with Gasteiger partial charge < -0.3 is 10.5 Å². The minimum Gasteiger partial charge on any atom is -0.399 e. The van der Waals surface area contributed by atoms with Crippen LogP contribution in [0.1, 0.15) is 31.4 Å². The number of ether oxygens (including phenoxy) is 1. The SMILES string of the molecule is CC(c1ccc(N)cc1)N1CC2CCC(C1)O2. The number of likely N-dealkylation sites (tertiary alicyclic amines) is 1. The van der Waals surface area contributed by atoms with Crippen LogP contribution in [0.15, 0.2) is 24.3 Å². The lowest BCUT2D eigenvalue weighted by molar-refractivity contribution is -0.0509. The van der Waals surface area contributed by atoms with Crippen LogP contribution in [0.4, 0.5) is 5.69 Å². The average Bonchev–Trinajstić information content (AvgIpc) is 2.68. The van der Waals surface area contributed by atoms with E-state index in [0.29, 0.717) is 18.2 Å². The fourth-order valence-electron chi connectivity index (χ4n) is 2.95. The summed E-state index contributed by atoms with van der Waals surface area (Å²) in [7, 11) is 0. The Morgan fingerprint density at radius 2 is 1.76 bits per heavy atom. The average molecular weight is 232 g/mol. The molecule has 0 saturated carbocycles. The zero-order chi connectivity index (χ0) is 11.8. The Hall–Kier alpha value is -1.06. The molecule has 17 heavy (non-hydrogen) atoms. The predicted octanol–water partition coefficient (Wildman–Crippen LogP) is 2.19. The van der Waals surface area contributed by atoms with Crippen LogP contribution in [0.25, 0.3) is 0 Å². The first-order chi connectivity index (χ1) is 8.22. The highest BCUT2D eigenvalue weighted by molar-refractivity contribution is 5.40. The lowest BCUT2D eigenvalue weighted by Gasteiger charge is -2.36. The third-order valence-electron chi connectivity index (χ3n) is 4.04. The van der Waals surface area contributed by atoms with E-state index in [1.165, 1.54) is 18.4 Å². The van der Waals surface area contributed by atoms with E-state index in [0.717, 1.165) is 18.8 Å². The smallest absolute Gasteiger partial charge is 0.0707 e. The molecule has 2 aliphatic rings. The lowest BCUT2D eigenvalue weighted by Crippen LogP contribution is -2.43. The van der Waals surface area contributed by atoms with Gasteiger partial charge in [-0.05, 0) is 37.5 Å². The molecule has 0 radical (unpaired) electrons. The molecule has 3 atom stereocenters. The van der Waals surface area contributed by atoms with E-state index in [1.54, 1.807) is 0 Å². The van der Waals surface area contributed by atoms with E-state index < -0.39 is 0 Å². The Bertz CT molecular complexity index is 378. The first-order valence-corrected chi connectivity index (χ1v) is 6.47. The second-order valence-corrected chi connectivity index (χ2v) is 5.25. The first kappa shape index (κ1) is 11.1. The molecule has 0 aromatic heterocycles. The molecule has 2 saturated heterocycles. The summed E-state index contributed by atoms with van der Waals surface area (Å²) in [5.74, 6) is 0. The summed E-state index contributed by atoms with van der Waals surface area (Å²) in [5, 5.41) is 0. The molecular weight excluding hydrogens is 212 g/mol. The van der Waals surface area contributed by atoms with E-state index in [4.69, 9.17) is 10.5 Å². The Morgan fingerprint density at radius 3 is 2.35 bits per heavy atom. The number of fused-ring (bicyclic) bond motifs is 2. The second kappa shape index (κ2) is 4.31. The summed E-state index contributed by atoms with van der Waals surface area (Å²) in [6.07, 6.45) is 3.39. The number of anilines is 1. The highest BCUT2D eigenvalue weighted by atomic mass is 16.5. The molecule has 2 bridgehead atoms. The number of rotatable bonds is 2. The maximum absolute atomic E-state index is 5.87. The zero-order valence-electron chi connectivity index (χ0n) is 10.3. The maximum atomic E-state index is 5.87. The van der Waals surface area contributed by atoms with Crippen LogP contribution in [0.2, 0.25) is 0 Å². The van der Waals surface area contributed by atoms with Gasteiger partial charge in [-0.2, -0.15) is 0 Å². The van der Waals surface area contributed by atoms with Crippen LogP contribution < -0.4 is 5.73 Å².